The van der Waals surface area contributed by atoms with Crippen molar-refractivity contribution in [3.8, 4) is 22.3 Å². The predicted octanol–water partition coefficient (Wildman–Crippen LogP) is 6.34. The van der Waals surface area contributed by atoms with Gasteiger partial charge in [-0.15, -0.1) is 0 Å². The zero-order valence-corrected chi connectivity index (χ0v) is 18.6. The lowest BCUT2D eigenvalue weighted by Gasteiger charge is -2.28. The van der Waals surface area contributed by atoms with Crippen molar-refractivity contribution < 1.29 is 9.59 Å². The minimum Gasteiger partial charge on any atom is -0.271 e. The number of hydrazine groups is 1. The van der Waals surface area contributed by atoms with Gasteiger partial charge in [0.1, 0.15) is 5.41 Å². The molecule has 2 amide bonds. The van der Waals surface area contributed by atoms with Gasteiger partial charge in [0.25, 0.3) is 11.8 Å². The van der Waals surface area contributed by atoms with Crippen LogP contribution < -0.4 is 10.0 Å². The molecule has 0 aliphatic carbocycles. The number of benzene rings is 4. The van der Waals surface area contributed by atoms with E-state index in [0.717, 1.165) is 22.3 Å². The summed E-state index contributed by atoms with van der Waals surface area (Å²) in [5.74, 6) is -0.487. The molecule has 4 aromatic rings. The number of nitrogens with zero attached hydrogens (tertiary/aromatic N) is 2. The van der Waals surface area contributed by atoms with E-state index in [9.17, 15) is 9.59 Å². The Morgan fingerprint density at radius 3 is 1.09 bits per heavy atom. The van der Waals surface area contributed by atoms with Gasteiger partial charge in [-0.05, 0) is 60.4 Å². The van der Waals surface area contributed by atoms with Gasteiger partial charge in [-0.3, -0.25) is 9.59 Å². The Hall–Kier alpha value is -4.18. The molecule has 1 saturated heterocycles. The molecule has 0 aromatic heterocycles. The van der Waals surface area contributed by atoms with Crippen LogP contribution in [0.2, 0.25) is 0 Å². The number of hydrogen-bond donors (Lipinski definition) is 0. The average Bonchev–Trinajstić information content (AvgIpc) is 3.05. The molecule has 0 saturated carbocycles. The number of hydrogen-bond acceptors (Lipinski definition) is 2. The van der Waals surface area contributed by atoms with Crippen LogP contribution in [0.25, 0.3) is 22.3 Å². The summed E-state index contributed by atoms with van der Waals surface area (Å²) in [6, 6.07) is 35.6. The van der Waals surface area contributed by atoms with Gasteiger partial charge in [0.05, 0.1) is 11.4 Å². The highest BCUT2D eigenvalue weighted by atomic mass is 16.2. The third kappa shape index (κ3) is 3.60. The maximum absolute atomic E-state index is 13.3. The summed E-state index contributed by atoms with van der Waals surface area (Å²) >= 11 is 0. The molecule has 1 aliphatic rings. The lowest BCUT2D eigenvalue weighted by atomic mass is 9.92. The largest absolute Gasteiger partial charge is 0.271 e. The van der Waals surface area contributed by atoms with Crippen molar-refractivity contribution >= 4 is 23.2 Å². The highest BCUT2D eigenvalue weighted by Crippen LogP contribution is 2.39. The van der Waals surface area contributed by atoms with Crippen molar-refractivity contribution in [3.05, 3.63) is 109 Å². The first-order chi connectivity index (χ1) is 16.0. The van der Waals surface area contributed by atoms with Crippen LogP contribution in [0.5, 0.6) is 0 Å². The summed E-state index contributed by atoms with van der Waals surface area (Å²) in [4.78, 5) is 26.7. The Bertz CT molecular complexity index is 1190. The fourth-order valence-corrected chi connectivity index (χ4v) is 4.12. The van der Waals surface area contributed by atoms with Gasteiger partial charge in [0.2, 0.25) is 0 Å². The van der Waals surface area contributed by atoms with Crippen molar-refractivity contribution in [2.45, 2.75) is 13.8 Å². The van der Waals surface area contributed by atoms with Crippen LogP contribution in [-0.4, -0.2) is 11.8 Å². The molecule has 0 radical (unpaired) electrons. The molecule has 1 aliphatic heterocycles. The van der Waals surface area contributed by atoms with Crippen LogP contribution in [0, 0.1) is 5.41 Å². The summed E-state index contributed by atoms with van der Waals surface area (Å²) in [7, 11) is 0. The molecule has 4 aromatic carbocycles. The maximum Gasteiger partial charge on any atom is 0.261 e. The van der Waals surface area contributed by atoms with E-state index in [1.54, 1.807) is 13.8 Å². The quantitative estimate of drug-likeness (QED) is 0.353. The van der Waals surface area contributed by atoms with Gasteiger partial charge in [0.15, 0.2) is 0 Å². The number of carbonyl (C=O) groups is 2. The normalized spacial score (nSPS) is 15.2. The molecule has 5 rings (SSSR count). The van der Waals surface area contributed by atoms with Crippen molar-refractivity contribution in [1.29, 1.82) is 0 Å². The second kappa shape index (κ2) is 8.06. The summed E-state index contributed by atoms with van der Waals surface area (Å²) in [6.45, 7) is 3.36. The SMILES string of the molecule is CC1(C)C(=O)N(c2ccc(-c3ccccc3)cc2)N(c2ccc(-c3ccccc3)cc2)C1=O. The fraction of sp³-hybridized carbons (Fsp3) is 0.103. The van der Waals surface area contributed by atoms with E-state index in [1.165, 1.54) is 10.0 Å². The van der Waals surface area contributed by atoms with E-state index >= 15 is 0 Å². The Morgan fingerprint density at radius 1 is 0.455 bits per heavy atom. The molecular formula is C29H24N2O2. The van der Waals surface area contributed by atoms with E-state index in [1.807, 2.05) is 109 Å². The first-order valence-corrected chi connectivity index (χ1v) is 11.0. The second-order valence-corrected chi connectivity index (χ2v) is 8.68. The number of rotatable bonds is 4. The Labute approximate surface area is 193 Å². The first-order valence-electron chi connectivity index (χ1n) is 11.0. The number of amides is 2. The molecule has 0 bridgehead atoms. The molecule has 1 heterocycles. The van der Waals surface area contributed by atoms with Gasteiger partial charge >= 0.3 is 0 Å². The third-order valence-corrected chi connectivity index (χ3v) is 6.09. The zero-order chi connectivity index (χ0) is 23.0. The van der Waals surface area contributed by atoms with Crippen LogP contribution in [-0.2, 0) is 9.59 Å². The fourth-order valence-electron chi connectivity index (χ4n) is 4.12. The third-order valence-electron chi connectivity index (χ3n) is 6.09. The zero-order valence-electron chi connectivity index (χ0n) is 18.6. The van der Waals surface area contributed by atoms with Gasteiger partial charge in [-0.1, -0.05) is 84.9 Å². The molecule has 4 heteroatoms. The highest BCUT2D eigenvalue weighted by molar-refractivity contribution is 6.25. The van der Waals surface area contributed by atoms with Crippen LogP contribution in [0.4, 0.5) is 11.4 Å². The van der Waals surface area contributed by atoms with Gasteiger partial charge < -0.3 is 0 Å². The van der Waals surface area contributed by atoms with Crippen LogP contribution >= 0.6 is 0 Å². The topological polar surface area (TPSA) is 40.6 Å². The predicted molar refractivity (Wildman–Crippen MR) is 133 cm³/mol. The average molecular weight is 433 g/mol. The molecule has 33 heavy (non-hydrogen) atoms. The summed E-state index contributed by atoms with van der Waals surface area (Å²) in [5.41, 5.74) is 4.47. The molecule has 4 nitrogen and oxygen atoms in total. The van der Waals surface area contributed by atoms with Crippen LogP contribution in [0.1, 0.15) is 13.8 Å². The first kappa shape index (κ1) is 20.7. The lowest BCUT2D eigenvalue weighted by molar-refractivity contribution is -0.132. The Kier molecular flexibility index (Phi) is 5.06. The van der Waals surface area contributed by atoms with E-state index in [-0.39, 0.29) is 11.8 Å². The van der Waals surface area contributed by atoms with Gasteiger partial charge in [0, 0.05) is 0 Å². The summed E-state index contributed by atoms with van der Waals surface area (Å²) in [6.07, 6.45) is 0. The lowest BCUT2D eigenvalue weighted by Crippen LogP contribution is -2.41. The standard InChI is InChI=1S/C29H24N2O2/c1-29(2)27(32)30(25-17-13-23(14-18-25)21-9-5-3-6-10-21)31(28(29)33)26-19-15-24(16-20-26)22-11-7-4-8-12-22/h3-20H,1-2H3. The van der Waals surface area contributed by atoms with Crippen molar-refractivity contribution in [3.63, 3.8) is 0 Å². The monoisotopic (exact) mass is 432 g/mol. The number of anilines is 2. The minimum absolute atomic E-state index is 0.243. The van der Waals surface area contributed by atoms with E-state index in [2.05, 4.69) is 0 Å². The Balaban J connectivity index is 1.51. The van der Waals surface area contributed by atoms with Crippen LogP contribution in [0.15, 0.2) is 109 Å². The van der Waals surface area contributed by atoms with Gasteiger partial charge in [-0.25, -0.2) is 10.0 Å². The molecule has 0 spiro atoms. The highest BCUT2D eigenvalue weighted by Gasteiger charge is 2.53. The van der Waals surface area contributed by atoms with Crippen molar-refractivity contribution in [1.82, 2.24) is 0 Å². The molecule has 162 valence electrons. The smallest absolute Gasteiger partial charge is 0.261 e. The summed E-state index contributed by atoms with van der Waals surface area (Å²) in [5, 5.41) is 2.99. The van der Waals surface area contributed by atoms with Gasteiger partial charge in [-0.2, -0.15) is 0 Å². The van der Waals surface area contributed by atoms with Crippen molar-refractivity contribution in [2.75, 3.05) is 10.0 Å². The maximum atomic E-state index is 13.3. The Morgan fingerprint density at radius 2 is 0.758 bits per heavy atom. The number of carbonyl (C=O) groups excluding carboxylic acids is 2. The van der Waals surface area contributed by atoms with E-state index < -0.39 is 5.41 Å². The molecule has 0 atom stereocenters. The summed E-state index contributed by atoms with van der Waals surface area (Å²) < 4.78 is 0. The minimum atomic E-state index is -1.14. The van der Waals surface area contributed by atoms with E-state index in [0.29, 0.717) is 11.4 Å². The van der Waals surface area contributed by atoms with E-state index in [4.69, 9.17) is 0 Å². The molecule has 1 fully saturated rings. The molecular weight excluding hydrogens is 408 g/mol. The molecule has 0 unspecified atom stereocenters. The van der Waals surface area contributed by atoms with Crippen molar-refractivity contribution in [2.24, 2.45) is 5.41 Å². The molecule has 0 N–H and O–H groups in total. The van der Waals surface area contributed by atoms with Crippen LogP contribution in [0.3, 0.4) is 0 Å². The second-order valence-electron chi connectivity index (χ2n) is 8.68.